The van der Waals surface area contributed by atoms with Gasteiger partial charge in [0.25, 0.3) is 0 Å². The van der Waals surface area contributed by atoms with E-state index in [-0.39, 0.29) is 11.1 Å². The van der Waals surface area contributed by atoms with E-state index in [1.807, 2.05) is 48.5 Å². The van der Waals surface area contributed by atoms with Crippen LogP contribution in [0.2, 0.25) is 0 Å². The van der Waals surface area contributed by atoms with Crippen LogP contribution in [0.15, 0.2) is 60.7 Å². The lowest BCUT2D eigenvalue weighted by molar-refractivity contribution is 0.0696. The summed E-state index contributed by atoms with van der Waals surface area (Å²) in [7, 11) is 0. The van der Waals surface area contributed by atoms with E-state index in [1.165, 1.54) is 6.07 Å². The fourth-order valence-electron chi connectivity index (χ4n) is 3.33. The normalized spacial score (nSPS) is 11.2. The van der Waals surface area contributed by atoms with E-state index in [1.54, 1.807) is 6.07 Å². The van der Waals surface area contributed by atoms with Gasteiger partial charge < -0.3 is 10.2 Å². The third-order valence-corrected chi connectivity index (χ3v) is 4.32. The lowest BCUT2D eigenvalue weighted by Crippen LogP contribution is -2.04. The van der Waals surface area contributed by atoms with Gasteiger partial charge in [-0.25, -0.2) is 9.59 Å². The molecule has 0 radical (unpaired) electrons. The third-order valence-electron chi connectivity index (χ3n) is 4.32. The van der Waals surface area contributed by atoms with Gasteiger partial charge in [0.15, 0.2) is 0 Å². The molecule has 24 heavy (non-hydrogen) atoms. The molecule has 4 heteroatoms. The van der Waals surface area contributed by atoms with Crippen molar-refractivity contribution in [2.24, 2.45) is 0 Å². The SMILES string of the molecule is O=C(O)c1cc(C(=O)O)c2c3ccccc3c3ccccc3c2c1. The minimum atomic E-state index is -1.14. The molecule has 4 nitrogen and oxygen atoms in total. The molecule has 0 aliphatic heterocycles. The summed E-state index contributed by atoms with van der Waals surface area (Å²) >= 11 is 0. The van der Waals surface area contributed by atoms with Crippen LogP contribution in [0.25, 0.3) is 32.3 Å². The van der Waals surface area contributed by atoms with Crippen molar-refractivity contribution in [3.63, 3.8) is 0 Å². The van der Waals surface area contributed by atoms with Crippen molar-refractivity contribution in [3.05, 3.63) is 71.8 Å². The molecule has 4 aromatic rings. The second kappa shape index (κ2) is 5.06. The second-order valence-corrected chi connectivity index (χ2v) is 5.65. The van der Waals surface area contributed by atoms with Gasteiger partial charge >= 0.3 is 11.9 Å². The van der Waals surface area contributed by atoms with Crippen LogP contribution in [0.3, 0.4) is 0 Å². The van der Waals surface area contributed by atoms with Gasteiger partial charge in [-0.1, -0.05) is 48.5 Å². The molecule has 4 rings (SSSR count). The first-order valence-electron chi connectivity index (χ1n) is 7.41. The van der Waals surface area contributed by atoms with E-state index < -0.39 is 11.9 Å². The van der Waals surface area contributed by atoms with Crippen LogP contribution in [-0.2, 0) is 0 Å². The zero-order valence-electron chi connectivity index (χ0n) is 12.5. The topological polar surface area (TPSA) is 74.6 Å². The van der Waals surface area contributed by atoms with Crippen molar-refractivity contribution in [1.82, 2.24) is 0 Å². The lowest BCUT2D eigenvalue weighted by Gasteiger charge is -2.13. The van der Waals surface area contributed by atoms with Crippen molar-refractivity contribution in [1.29, 1.82) is 0 Å². The smallest absolute Gasteiger partial charge is 0.336 e. The Bertz CT molecular complexity index is 1160. The average molecular weight is 316 g/mol. The van der Waals surface area contributed by atoms with Crippen LogP contribution in [0, 0.1) is 0 Å². The molecule has 0 heterocycles. The lowest BCUT2D eigenvalue weighted by atomic mass is 9.90. The number of benzene rings is 4. The number of carboxylic acid groups (broad SMARTS) is 2. The Labute approximate surface area is 136 Å². The molecular formula is C20H12O4. The predicted octanol–water partition coefficient (Wildman–Crippen LogP) is 4.54. The zero-order chi connectivity index (χ0) is 16.8. The third kappa shape index (κ3) is 1.93. The molecule has 0 aromatic heterocycles. The largest absolute Gasteiger partial charge is 0.478 e. The predicted molar refractivity (Wildman–Crippen MR) is 92.9 cm³/mol. The average Bonchev–Trinajstić information content (AvgIpc) is 2.60. The van der Waals surface area contributed by atoms with Crippen LogP contribution >= 0.6 is 0 Å². The van der Waals surface area contributed by atoms with Crippen LogP contribution in [0.5, 0.6) is 0 Å². The van der Waals surface area contributed by atoms with Crippen LogP contribution < -0.4 is 0 Å². The highest BCUT2D eigenvalue weighted by molar-refractivity contribution is 6.29. The first kappa shape index (κ1) is 14.2. The molecule has 0 saturated carbocycles. The molecule has 0 fully saturated rings. The van der Waals surface area contributed by atoms with Crippen molar-refractivity contribution < 1.29 is 19.8 Å². The van der Waals surface area contributed by atoms with Gasteiger partial charge in [0.05, 0.1) is 11.1 Å². The molecule has 0 saturated heterocycles. The van der Waals surface area contributed by atoms with Crippen LogP contribution in [-0.4, -0.2) is 22.2 Å². The highest BCUT2D eigenvalue weighted by atomic mass is 16.4. The van der Waals surface area contributed by atoms with Crippen molar-refractivity contribution >= 4 is 44.3 Å². The Kier molecular flexibility index (Phi) is 3.00. The maximum Gasteiger partial charge on any atom is 0.336 e. The summed E-state index contributed by atoms with van der Waals surface area (Å²) in [5, 5.41) is 23.8. The maximum absolute atomic E-state index is 11.8. The van der Waals surface area contributed by atoms with Crippen molar-refractivity contribution in [2.75, 3.05) is 0 Å². The van der Waals surface area contributed by atoms with E-state index in [2.05, 4.69) is 0 Å². The number of fused-ring (bicyclic) bond motifs is 6. The Balaban J connectivity index is 2.39. The summed E-state index contributed by atoms with van der Waals surface area (Å²) in [6.07, 6.45) is 0. The highest BCUT2D eigenvalue weighted by Gasteiger charge is 2.18. The fourth-order valence-corrected chi connectivity index (χ4v) is 3.33. The molecule has 116 valence electrons. The van der Waals surface area contributed by atoms with Crippen molar-refractivity contribution in [3.8, 4) is 0 Å². The molecule has 0 unspecified atom stereocenters. The number of carboxylic acids is 2. The van der Waals surface area contributed by atoms with Gasteiger partial charge in [-0.05, 0) is 39.1 Å². The first-order chi connectivity index (χ1) is 11.6. The number of aromatic carboxylic acids is 2. The quantitative estimate of drug-likeness (QED) is 0.532. The van der Waals surface area contributed by atoms with Crippen LogP contribution in [0.4, 0.5) is 0 Å². The van der Waals surface area contributed by atoms with E-state index in [0.717, 1.165) is 21.5 Å². The minimum Gasteiger partial charge on any atom is -0.478 e. The molecule has 0 aliphatic carbocycles. The summed E-state index contributed by atoms with van der Waals surface area (Å²) in [5.41, 5.74) is -0.0211. The number of hydrogen-bond acceptors (Lipinski definition) is 2. The second-order valence-electron chi connectivity index (χ2n) is 5.65. The highest BCUT2D eigenvalue weighted by Crippen LogP contribution is 2.37. The Morgan fingerprint density at radius 2 is 1.12 bits per heavy atom. The van der Waals surface area contributed by atoms with E-state index in [9.17, 15) is 19.8 Å². The standard InChI is InChI=1S/C20H12O4/c21-19(22)11-9-16-14-7-2-1-5-12(14)13-6-3-4-8-15(13)18(16)17(10-11)20(23)24/h1-10H,(H,21,22)(H,23,24). The number of hydrogen-bond donors (Lipinski definition) is 2. The van der Waals surface area contributed by atoms with Gasteiger partial charge in [0.1, 0.15) is 0 Å². The van der Waals surface area contributed by atoms with Gasteiger partial charge in [-0.2, -0.15) is 0 Å². The van der Waals surface area contributed by atoms with E-state index in [4.69, 9.17) is 0 Å². The number of carbonyl (C=O) groups is 2. The Morgan fingerprint density at radius 1 is 0.625 bits per heavy atom. The summed E-state index contributed by atoms with van der Waals surface area (Å²) in [5.74, 6) is -2.28. The summed E-state index contributed by atoms with van der Waals surface area (Å²) in [6, 6.07) is 18.0. The summed E-state index contributed by atoms with van der Waals surface area (Å²) in [4.78, 5) is 23.2. The minimum absolute atomic E-state index is 0.00635. The van der Waals surface area contributed by atoms with Gasteiger partial charge in [-0.15, -0.1) is 0 Å². The summed E-state index contributed by atoms with van der Waals surface area (Å²) in [6.45, 7) is 0. The Morgan fingerprint density at radius 3 is 1.67 bits per heavy atom. The Hall–Kier alpha value is -3.40. The number of rotatable bonds is 2. The first-order valence-corrected chi connectivity index (χ1v) is 7.41. The fraction of sp³-hybridized carbons (Fsp3) is 0. The van der Waals surface area contributed by atoms with E-state index >= 15 is 0 Å². The maximum atomic E-state index is 11.8. The van der Waals surface area contributed by atoms with Gasteiger partial charge in [0, 0.05) is 5.39 Å². The van der Waals surface area contributed by atoms with E-state index in [0.29, 0.717) is 10.8 Å². The molecule has 4 aromatic carbocycles. The molecule has 0 atom stereocenters. The monoisotopic (exact) mass is 316 g/mol. The molecule has 0 aliphatic rings. The van der Waals surface area contributed by atoms with Gasteiger partial charge in [-0.3, -0.25) is 0 Å². The van der Waals surface area contributed by atoms with Gasteiger partial charge in [0.2, 0.25) is 0 Å². The molecule has 0 amide bonds. The molecule has 0 spiro atoms. The molecular weight excluding hydrogens is 304 g/mol. The molecule has 2 N–H and O–H groups in total. The summed E-state index contributed by atoms with van der Waals surface area (Å²) < 4.78 is 0. The van der Waals surface area contributed by atoms with Crippen molar-refractivity contribution in [2.45, 2.75) is 0 Å². The molecule has 0 bridgehead atoms. The zero-order valence-corrected chi connectivity index (χ0v) is 12.5. The van der Waals surface area contributed by atoms with Crippen LogP contribution in [0.1, 0.15) is 20.7 Å².